The molecule has 3 atom stereocenters. The number of sulfonamides is 1. The monoisotopic (exact) mass is 614 g/mol. The number of anilines is 2. The minimum Gasteiger partial charge on any atom is -0.486 e. The van der Waals surface area contributed by atoms with Crippen LogP contribution >= 0.6 is 0 Å². The molecular weight excluding hydrogens is 593 g/mol. The van der Waals surface area contributed by atoms with Crippen LogP contribution in [0.1, 0.15) is 25.8 Å². The van der Waals surface area contributed by atoms with Gasteiger partial charge in [-0.3, -0.25) is 14.4 Å². The van der Waals surface area contributed by atoms with Gasteiger partial charge in [0.15, 0.2) is 0 Å². The van der Waals surface area contributed by atoms with Crippen molar-refractivity contribution in [2.24, 2.45) is 11.8 Å². The van der Waals surface area contributed by atoms with E-state index in [-0.39, 0.29) is 29.6 Å². The fourth-order valence-corrected chi connectivity index (χ4v) is 5.66. The molecule has 2 aromatic carbocycles. The van der Waals surface area contributed by atoms with Crippen molar-refractivity contribution in [2.75, 3.05) is 16.2 Å². The van der Waals surface area contributed by atoms with Crippen LogP contribution in [0.4, 0.5) is 46.9 Å². The lowest BCUT2D eigenvalue weighted by molar-refractivity contribution is -0.242. The Morgan fingerprint density at radius 3 is 2.29 bits per heavy atom. The molecule has 0 aromatic heterocycles. The van der Waals surface area contributed by atoms with Crippen LogP contribution in [0.25, 0.3) is 0 Å². The summed E-state index contributed by atoms with van der Waals surface area (Å²) < 4.78 is 131. The number of aliphatic carboxylic acids is 1. The van der Waals surface area contributed by atoms with Crippen LogP contribution in [0.2, 0.25) is 0 Å². The van der Waals surface area contributed by atoms with E-state index in [1.807, 2.05) is 5.32 Å². The lowest BCUT2D eigenvalue weighted by Crippen LogP contribution is -2.45. The summed E-state index contributed by atoms with van der Waals surface area (Å²) >= 11 is 0. The third-order valence-corrected chi connectivity index (χ3v) is 8.37. The molecule has 0 bridgehead atoms. The Bertz CT molecular complexity index is 1490. The second-order valence-corrected chi connectivity index (χ2v) is 11.7. The Hall–Kier alpha value is -3.76. The van der Waals surface area contributed by atoms with Gasteiger partial charge in [-0.05, 0) is 56.7 Å². The summed E-state index contributed by atoms with van der Waals surface area (Å²) in [6.07, 6.45) is -12.6. The maximum absolute atomic E-state index is 13.9. The van der Waals surface area contributed by atoms with Gasteiger partial charge in [-0.2, -0.15) is 26.3 Å². The number of carboxylic acids is 1. The molecule has 1 amide bonds. The van der Waals surface area contributed by atoms with E-state index in [1.165, 1.54) is 0 Å². The minimum atomic E-state index is -5.23. The van der Waals surface area contributed by atoms with Crippen molar-refractivity contribution in [3.8, 4) is 5.75 Å². The van der Waals surface area contributed by atoms with Crippen LogP contribution in [-0.2, 0) is 25.7 Å². The average Bonchev–Trinajstić information content (AvgIpc) is 3.63. The number of nitrogens with one attached hydrogen (secondary N) is 1. The molecule has 2 aromatic rings. The van der Waals surface area contributed by atoms with Gasteiger partial charge in [0.1, 0.15) is 17.7 Å². The van der Waals surface area contributed by atoms with Crippen molar-refractivity contribution in [1.82, 2.24) is 0 Å². The first kappa shape index (κ1) is 30.2. The van der Waals surface area contributed by atoms with Crippen LogP contribution in [-0.4, -0.2) is 50.0 Å². The van der Waals surface area contributed by atoms with Crippen LogP contribution < -0.4 is 14.4 Å². The summed E-state index contributed by atoms with van der Waals surface area (Å²) in [5, 5.41) is 11.3. The average molecular weight is 614 g/mol. The van der Waals surface area contributed by atoms with Gasteiger partial charge in [-0.25, -0.2) is 17.6 Å². The van der Waals surface area contributed by atoms with E-state index < -0.39 is 80.8 Å². The molecule has 2 aliphatic rings. The predicted octanol–water partition coefficient (Wildman–Crippen LogP) is 5.41. The van der Waals surface area contributed by atoms with Gasteiger partial charge in [-0.15, -0.1) is 0 Å². The highest BCUT2D eigenvalue weighted by Gasteiger charge is 2.53. The molecule has 0 spiro atoms. The molecule has 1 fully saturated rings. The first-order valence-corrected chi connectivity index (χ1v) is 13.2. The smallest absolute Gasteiger partial charge is 0.427 e. The van der Waals surface area contributed by atoms with Crippen molar-refractivity contribution >= 4 is 33.5 Å². The molecule has 41 heavy (non-hydrogen) atoms. The summed E-state index contributed by atoms with van der Waals surface area (Å²) in [6, 6.07) is 4.28. The van der Waals surface area contributed by atoms with Crippen LogP contribution in [0.5, 0.6) is 5.75 Å². The zero-order valence-electron chi connectivity index (χ0n) is 21.0. The van der Waals surface area contributed by atoms with Crippen molar-refractivity contribution in [3.05, 3.63) is 47.8 Å². The Morgan fingerprint density at radius 1 is 1.07 bits per heavy atom. The second-order valence-electron chi connectivity index (χ2n) is 9.88. The minimum absolute atomic E-state index is 0.102. The number of alkyl halides is 6. The highest BCUT2D eigenvalue weighted by atomic mass is 32.2. The predicted molar refractivity (Wildman–Crippen MR) is 126 cm³/mol. The summed E-state index contributed by atoms with van der Waals surface area (Å²) in [5.41, 5.74) is -5.33. The Labute approximate surface area is 227 Å². The van der Waals surface area contributed by atoms with E-state index in [0.29, 0.717) is 30.3 Å². The van der Waals surface area contributed by atoms with E-state index in [2.05, 4.69) is 4.74 Å². The van der Waals surface area contributed by atoms with Gasteiger partial charge >= 0.3 is 24.4 Å². The number of nitrogens with zero attached hydrogens (tertiary/aromatic N) is 1. The van der Waals surface area contributed by atoms with Gasteiger partial charge in [-0.1, -0.05) is 0 Å². The third-order valence-electron chi connectivity index (χ3n) is 6.59. The number of hydrogen-bond acceptors (Lipinski definition) is 6. The number of hydrogen-bond donors (Lipinski definition) is 2. The van der Waals surface area contributed by atoms with Gasteiger partial charge in [0.2, 0.25) is 5.60 Å². The first-order valence-electron chi connectivity index (χ1n) is 11.7. The molecule has 0 unspecified atom stereocenters. The van der Waals surface area contributed by atoms with E-state index in [0.717, 1.165) is 18.2 Å². The normalized spacial score (nSPS) is 21.0. The number of carbonyl (C=O) groups excluding carboxylic acids is 1. The SMILES string of the molecule is CC(C)(OC(=O)Nc1ccc2c(c1)N(S(=O)(=O)c1ccc(F)c(C(F)(F)F)c1)C[C@H]([C@@H]1C[C@H]1C(=O)O)O2)C(F)(F)F. The van der Waals surface area contributed by atoms with E-state index >= 15 is 0 Å². The first-order chi connectivity index (χ1) is 18.7. The lowest BCUT2D eigenvalue weighted by atomic mass is 10.1. The lowest BCUT2D eigenvalue weighted by Gasteiger charge is -2.36. The van der Waals surface area contributed by atoms with Crippen LogP contribution in [0.15, 0.2) is 41.3 Å². The molecule has 1 aliphatic carbocycles. The van der Waals surface area contributed by atoms with E-state index in [9.17, 15) is 53.8 Å². The molecule has 0 radical (unpaired) electrons. The molecule has 17 heteroatoms. The molecule has 2 N–H and O–H groups in total. The number of amides is 1. The Kier molecular flexibility index (Phi) is 7.33. The van der Waals surface area contributed by atoms with Crippen molar-refractivity contribution in [1.29, 1.82) is 0 Å². The van der Waals surface area contributed by atoms with Crippen LogP contribution in [0, 0.1) is 17.7 Å². The number of carbonyl (C=O) groups is 2. The zero-order chi connectivity index (χ0) is 30.7. The fraction of sp³-hybridized carbons (Fsp3) is 0.417. The fourth-order valence-electron chi connectivity index (χ4n) is 4.15. The highest BCUT2D eigenvalue weighted by molar-refractivity contribution is 7.92. The Morgan fingerprint density at radius 2 is 1.73 bits per heavy atom. The van der Waals surface area contributed by atoms with Gasteiger partial charge in [0.25, 0.3) is 10.0 Å². The molecule has 4 rings (SSSR count). The zero-order valence-corrected chi connectivity index (χ0v) is 21.8. The van der Waals surface area contributed by atoms with Gasteiger partial charge < -0.3 is 14.6 Å². The summed E-state index contributed by atoms with van der Waals surface area (Å²) in [7, 11) is -4.90. The number of ether oxygens (including phenoxy) is 2. The number of fused-ring (bicyclic) bond motifs is 1. The quantitative estimate of drug-likeness (QED) is 0.418. The maximum atomic E-state index is 13.9. The third kappa shape index (κ3) is 5.99. The van der Waals surface area contributed by atoms with Crippen LogP contribution in [0.3, 0.4) is 0 Å². The standard InChI is InChI=1S/C24H21F7N2O7S/c1-22(2,24(29,30)31)40-21(36)32-11-3-6-18-17(7-11)33(10-19(39-18)13-9-14(13)20(34)35)41(37,38)12-4-5-16(25)15(8-12)23(26,27)28/h3-8,13-14,19H,9-10H2,1-2H3,(H,32,36)(H,34,35)/t13-,14-,19-/m1/s1. The van der Waals surface area contributed by atoms with E-state index in [4.69, 9.17) is 4.74 Å². The van der Waals surface area contributed by atoms with Crippen molar-refractivity contribution in [2.45, 2.75) is 49.2 Å². The van der Waals surface area contributed by atoms with E-state index in [1.54, 1.807) is 0 Å². The van der Waals surface area contributed by atoms with Crippen molar-refractivity contribution < 1.29 is 63.3 Å². The molecule has 9 nitrogen and oxygen atoms in total. The number of carboxylic acid groups (broad SMARTS) is 1. The number of benzene rings is 2. The second kappa shape index (κ2) is 9.95. The molecule has 1 saturated carbocycles. The number of rotatable bonds is 6. The summed E-state index contributed by atoms with van der Waals surface area (Å²) in [5.74, 6) is -4.55. The summed E-state index contributed by atoms with van der Waals surface area (Å²) in [6.45, 7) is 0.626. The molecule has 0 saturated heterocycles. The Balaban J connectivity index is 1.72. The topological polar surface area (TPSA) is 122 Å². The highest BCUT2D eigenvalue weighted by Crippen LogP contribution is 2.48. The number of halogens is 7. The van der Waals surface area contributed by atoms with Gasteiger partial charge in [0.05, 0.1) is 28.6 Å². The molecular formula is C24H21F7N2O7S. The molecule has 1 heterocycles. The van der Waals surface area contributed by atoms with Crippen molar-refractivity contribution in [3.63, 3.8) is 0 Å². The summed E-state index contributed by atoms with van der Waals surface area (Å²) in [4.78, 5) is 22.6. The van der Waals surface area contributed by atoms with Gasteiger partial charge in [0, 0.05) is 11.6 Å². The molecule has 224 valence electrons. The maximum Gasteiger partial charge on any atom is 0.427 e. The molecule has 1 aliphatic heterocycles. The largest absolute Gasteiger partial charge is 0.486 e.